The predicted molar refractivity (Wildman–Crippen MR) is 96.3 cm³/mol. The molecule has 1 aromatic carbocycles. The minimum Gasteiger partial charge on any atom is -0.464 e. The molecule has 2 N–H and O–H groups in total. The van der Waals surface area contributed by atoms with Crippen LogP contribution in [0.25, 0.3) is 0 Å². The number of hydrogen-bond donors (Lipinski definition) is 2. The van der Waals surface area contributed by atoms with Crippen molar-refractivity contribution < 1.29 is 24.4 Å². The van der Waals surface area contributed by atoms with Crippen LogP contribution in [0.1, 0.15) is 25.3 Å². The van der Waals surface area contributed by atoms with E-state index in [0.717, 1.165) is 0 Å². The number of hydrazone groups is 1. The van der Waals surface area contributed by atoms with Gasteiger partial charge in [-0.1, -0.05) is 28.1 Å². The summed E-state index contributed by atoms with van der Waals surface area (Å²) < 4.78 is 5.01. The number of rotatable bonds is 7. The first kappa shape index (κ1) is 20.0. The summed E-state index contributed by atoms with van der Waals surface area (Å²) in [7, 11) is 0. The van der Waals surface area contributed by atoms with Crippen molar-refractivity contribution in [2.45, 2.75) is 31.4 Å². The lowest BCUT2D eigenvalue weighted by Crippen LogP contribution is -2.45. The average Bonchev–Trinajstić information content (AvgIpc) is 3.06. The van der Waals surface area contributed by atoms with Gasteiger partial charge in [0, 0.05) is 17.5 Å². The SMILES string of the molecule is CCOC(=O)[C@@H]1NN=C(C(=O)[C@](C)(O)CBr)[C@@H]1c1ccc([N+](=O)[O-])cc1. The molecule has 0 radical (unpaired) electrons. The van der Waals surface area contributed by atoms with Crippen molar-refractivity contribution in [3.05, 3.63) is 39.9 Å². The number of nitrogens with zero attached hydrogens (tertiary/aromatic N) is 2. The summed E-state index contributed by atoms with van der Waals surface area (Å²) in [5.41, 5.74) is 1.17. The van der Waals surface area contributed by atoms with Gasteiger partial charge in [0.25, 0.3) is 5.69 Å². The van der Waals surface area contributed by atoms with Crippen LogP contribution in [-0.2, 0) is 14.3 Å². The second-order valence-corrected chi connectivity index (χ2v) is 6.48. The van der Waals surface area contributed by atoms with Gasteiger partial charge in [-0.3, -0.25) is 20.3 Å². The Labute approximate surface area is 157 Å². The number of Topliss-reactive ketones (excluding diaryl/α,β-unsaturated/α-hetero) is 1. The largest absolute Gasteiger partial charge is 0.464 e. The monoisotopic (exact) mass is 427 g/mol. The van der Waals surface area contributed by atoms with Crippen molar-refractivity contribution in [3.63, 3.8) is 0 Å². The van der Waals surface area contributed by atoms with Gasteiger partial charge in [-0.25, -0.2) is 4.79 Å². The molecule has 0 saturated carbocycles. The zero-order valence-corrected chi connectivity index (χ0v) is 15.7. The lowest BCUT2D eigenvalue weighted by atomic mass is 9.83. The Morgan fingerprint density at radius 1 is 1.42 bits per heavy atom. The van der Waals surface area contributed by atoms with Crippen molar-refractivity contribution in [1.82, 2.24) is 5.43 Å². The van der Waals surface area contributed by atoms with Crippen LogP contribution in [0, 0.1) is 10.1 Å². The summed E-state index contributed by atoms with van der Waals surface area (Å²) in [6.07, 6.45) is 0. The van der Waals surface area contributed by atoms with E-state index >= 15 is 0 Å². The molecule has 26 heavy (non-hydrogen) atoms. The molecular formula is C16H18BrN3O6. The minimum absolute atomic E-state index is 0.0189. The van der Waals surface area contributed by atoms with Crippen LogP contribution in [0.2, 0.25) is 0 Å². The highest BCUT2D eigenvalue weighted by atomic mass is 79.9. The van der Waals surface area contributed by atoms with E-state index in [1.807, 2.05) is 0 Å². The molecule has 9 nitrogen and oxygen atoms in total. The van der Waals surface area contributed by atoms with Crippen LogP contribution >= 0.6 is 15.9 Å². The van der Waals surface area contributed by atoms with Gasteiger partial charge >= 0.3 is 5.97 Å². The number of alkyl halides is 1. The van der Waals surface area contributed by atoms with Crippen molar-refractivity contribution in [2.24, 2.45) is 5.10 Å². The molecule has 2 rings (SSSR count). The van der Waals surface area contributed by atoms with E-state index in [0.29, 0.717) is 5.56 Å². The maximum absolute atomic E-state index is 12.7. The molecular weight excluding hydrogens is 410 g/mol. The number of hydrogen-bond acceptors (Lipinski definition) is 8. The van der Waals surface area contributed by atoms with E-state index in [-0.39, 0.29) is 23.3 Å². The fraction of sp³-hybridized carbons (Fsp3) is 0.438. The number of halogens is 1. The first-order chi connectivity index (χ1) is 12.2. The Morgan fingerprint density at radius 3 is 2.54 bits per heavy atom. The summed E-state index contributed by atoms with van der Waals surface area (Å²) in [6, 6.07) is 4.49. The van der Waals surface area contributed by atoms with E-state index in [4.69, 9.17) is 4.74 Å². The van der Waals surface area contributed by atoms with Crippen LogP contribution < -0.4 is 5.43 Å². The van der Waals surface area contributed by atoms with Crippen LogP contribution in [0.15, 0.2) is 29.4 Å². The number of esters is 1. The number of aliphatic hydroxyl groups is 1. The van der Waals surface area contributed by atoms with Crippen LogP contribution in [0.4, 0.5) is 5.69 Å². The molecule has 3 atom stereocenters. The zero-order valence-electron chi connectivity index (χ0n) is 14.1. The van der Waals surface area contributed by atoms with Gasteiger partial charge in [0.2, 0.25) is 5.78 Å². The number of carbonyl (C=O) groups excluding carboxylic acids is 2. The number of ketones is 1. The summed E-state index contributed by atoms with van der Waals surface area (Å²) in [6.45, 7) is 3.12. The van der Waals surface area contributed by atoms with Gasteiger partial charge in [0.1, 0.15) is 11.3 Å². The number of non-ortho nitro benzene ring substituents is 1. The van der Waals surface area contributed by atoms with Gasteiger partial charge < -0.3 is 9.84 Å². The lowest BCUT2D eigenvalue weighted by Gasteiger charge is -2.23. The van der Waals surface area contributed by atoms with Gasteiger partial charge in [-0.05, 0) is 19.4 Å². The quantitative estimate of drug-likeness (QED) is 0.290. The van der Waals surface area contributed by atoms with E-state index < -0.39 is 34.2 Å². The van der Waals surface area contributed by atoms with E-state index in [2.05, 4.69) is 26.5 Å². The van der Waals surface area contributed by atoms with Crippen molar-refractivity contribution >= 4 is 39.1 Å². The molecule has 0 saturated heterocycles. The molecule has 0 aromatic heterocycles. The predicted octanol–water partition coefficient (Wildman–Crippen LogP) is 1.28. The van der Waals surface area contributed by atoms with Gasteiger partial charge in [-0.2, -0.15) is 5.10 Å². The van der Waals surface area contributed by atoms with E-state index in [1.165, 1.54) is 31.2 Å². The maximum Gasteiger partial charge on any atom is 0.331 e. The Kier molecular flexibility index (Phi) is 6.09. The Morgan fingerprint density at radius 2 is 2.04 bits per heavy atom. The molecule has 1 aliphatic heterocycles. The summed E-state index contributed by atoms with van der Waals surface area (Å²) >= 11 is 3.08. The van der Waals surface area contributed by atoms with Gasteiger partial charge in [0.05, 0.1) is 17.4 Å². The molecule has 0 amide bonds. The molecule has 0 bridgehead atoms. The number of carbonyl (C=O) groups is 2. The molecule has 0 aliphatic carbocycles. The van der Waals surface area contributed by atoms with Crippen LogP contribution in [0.5, 0.6) is 0 Å². The van der Waals surface area contributed by atoms with E-state index in [9.17, 15) is 24.8 Å². The Hall–Kier alpha value is -2.33. The van der Waals surface area contributed by atoms with Crippen molar-refractivity contribution in [1.29, 1.82) is 0 Å². The Bertz CT molecular complexity index is 747. The maximum atomic E-state index is 12.7. The highest BCUT2D eigenvalue weighted by Gasteiger charge is 2.46. The molecule has 0 spiro atoms. The van der Waals surface area contributed by atoms with Gasteiger partial charge in [0.15, 0.2) is 6.04 Å². The number of ether oxygens (including phenoxy) is 1. The standard InChI is InChI=1S/C16H18BrN3O6/c1-3-26-15(22)13-11(9-4-6-10(7-5-9)20(24)25)12(18-19-13)14(21)16(2,23)8-17/h4-7,11,13,19,23H,3,8H2,1-2H3/t11-,13+,16+/m0/s1. The highest BCUT2D eigenvalue weighted by Crippen LogP contribution is 2.30. The molecule has 140 valence electrons. The molecule has 0 unspecified atom stereocenters. The third-order valence-corrected chi connectivity index (χ3v) is 5.03. The highest BCUT2D eigenvalue weighted by molar-refractivity contribution is 9.09. The smallest absolute Gasteiger partial charge is 0.331 e. The van der Waals surface area contributed by atoms with Crippen molar-refractivity contribution in [3.8, 4) is 0 Å². The lowest BCUT2D eigenvalue weighted by molar-refractivity contribution is -0.384. The number of nitro benzene ring substituents is 1. The van der Waals surface area contributed by atoms with Crippen LogP contribution in [0.3, 0.4) is 0 Å². The molecule has 1 aliphatic rings. The zero-order chi connectivity index (χ0) is 19.5. The summed E-state index contributed by atoms with van der Waals surface area (Å²) in [5, 5.41) is 25.0. The minimum atomic E-state index is -1.72. The Balaban J connectivity index is 2.43. The van der Waals surface area contributed by atoms with Crippen molar-refractivity contribution in [2.75, 3.05) is 11.9 Å². The van der Waals surface area contributed by atoms with Crippen LogP contribution in [-0.4, -0.2) is 51.1 Å². The first-order valence-electron chi connectivity index (χ1n) is 7.80. The second-order valence-electron chi connectivity index (χ2n) is 5.92. The summed E-state index contributed by atoms with van der Waals surface area (Å²) in [4.78, 5) is 35.2. The normalized spacial score (nSPS) is 21.3. The summed E-state index contributed by atoms with van der Waals surface area (Å²) in [5.74, 6) is -2.11. The third-order valence-electron chi connectivity index (χ3n) is 3.94. The second kappa shape index (κ2) is 7.92. The molecule has 0 fully saturated rings. The van der Waals surface area contributed by atoms with Gasteiger partial charge in [-0.15, -0.1) is 0 Å². The fourth-order valence-electron chi connectivity index (χ4n) is 2.54. The fourth-order valence-corrected chi connectivity index (χ4v) is 2.80. The molecule has 10 heteroatoms. The third kappa shape index (κ3) is 3.91. The topological polar surface area (TPSA) is 131 Å². The molecule has 1 heterocycles. The average molecular weight is 428 g/mol. The number of nitrogens with one attached hydrogen (secondary N) is 1. The molecule has 1 aromatic rings. The van der Waals surface area contributed by atoms with E-state index in [1.54, 1.807) is 6.92 Å². The number of benzene rings is 1. The first-order valence-corrected chi connectivity index (χ1v) is 8.92. The number of nitro groups is 1.